The predicted molar refractivity (Wildman–Crippen MR) is 163 cm³/mol. The molecule has 3 aromatic rings. The number of unbranched alkanes of at least 4 members (excludes halogenated alkanes) is 4. The average molecular weight is 513 g/mol. The summed E-state index contributed by atoms with van der Waals surface area (Å²) in [6.07, 6.45) is 11.5. The van der Waals surface area contributed by atoms with Gasteiger partial charge in [-0.1, -0.05) is 51.7 Å². The zero-order valence-corrected chi connectivity index (χ0v) is 23.7. The van der Waals surface area contributed by atoms with Gasteiger partial charge < -0.3 is 19.3 Å². The number of nitrogens with zero attached hydrogens (tertiary/aromatic N) is 2. The fourth-order valence-corrected chi connectivity index (χ4v) is 5.01. The quantitative estimate of drug-likeness (QED) is 0.201. The summed E-state index contributed by atoms with van der Waals surface area (Å²) in [5.41, 5.74) is 5.87. The molecule has 4 rings (SSSR count). The van der Waals surface area contributed by atoms with Crippen LogP contribution in [0.2, 0.25) is 0 Å². The second-order valence-electron chi connectivity index (χ2n) is 10.1. The molecule has 1 heterocycles. The maximum absolute atomic E-state index is 5.98. The number of rotatable bonds is 14. The van der Waals surface area contributed by atoms with Crippen LogP contribution in [0.5, 0.6) is 11.5 Å². The van der Waals surface area contributed by atoms with Gasteiger partial charge in [-0.15, -0.1) is 0 Å². The van der Waals surface area contributed by atoms with E-state index in [1.54, 1.807) is 0 Å². The Balaban J connectivity index is 1.62. The molecule has 0 N–H and O–H groups in total. The van der Waals surface area contributed by atoms with Crippen molar-refractivity contribution in [1.82, 2.24) is 0 Å². The zero-order chi connectivity index (χ0) is 26.7. The molecule has 0 fully saturated rings. The largest absolute Gasteiger partial charge is 0.494 e. The molecule has 38 heavy (non-hydrogen) atoms. The highest BCUT2D eigenvalue weighted by molar-refractivity contribution is 5.82. The molecule has 1 aliphatic rings. The predicted octanol–water partition coefficient (Wildman–Crippen LogP) is 9.54. The number of benzene rings is 3. The van der Waals surface area contributed by atoms with Crippen LogP contribution in [-0.2, 0) is 0 Å². The van der Waals surface area contributed by atoms with Crippen molar-refractivity contribution in [3.63, 3.8) is 0 Å². The lowest BCUT2D eigenvalue weighted by molar-refractivity contribution is 0.306. The van der Waals surface area contributed by atoms with Crippen LogP contribution in [0.15, 0.2) is 72.8 Å². The Kier molecular flexibility index (Phi) is 10.1. The SMILES string of the molecule is CCCCCOc1ccc(N(c2ccc(OCCCCC)cc2)c2ccc3c(c2)C=CC(C)N3CC)cc1. The molecule has 0 aliphatic carbocycles. The van der Waals surface area contributed by atoms with Gasteiger partial charge in [0.1, 0.15) is 11.5 Å². The minimum Gasteiger partial charge on any atom is -0.494 e. The van der Waals surface area contributed by atoms with Crippen molar-refractivity contribution in [3.05, 3.63) is 78.4 Å². The van der Waals surface area contributed by atoms with E-state index in [-0.39, 0.29) is 0 Å². The van der Waals surface area contributed by atoms with E-state index in [1.807, 2.05) is 0 Å². The van der Waals surface area contributed by atoms with E-state index in [4.69, 9.17) is 9.47 Å². The fraction of sp³-hybridized carbons (Fsp3) is 0.412. The summed E-state index contributed by atoms with van der Waals surface area (Å²) < 4.78 is 12.0. The Morgan fingerprint density at radius 2 is 1.21 bits per heavy atom. The molecule has 0 saturated carbocycles. The van der Waals surface area contributed by atoms with Gasteiger partial charge in [-0.25, -0.2) is 0 Å². The van der Waals surface area contributed by atoms with Crippen molar-refractivity contribution >= 4 is 28.8 Å². The van der Waals surface area contributed by atoms with Crippen molar-refractivity contribution in [2.75, 3.05) is 29.6 Å². The lowest BCUT2D eigenvalue weighted by Crippen LogP contribution is -2.33. The summed E-state index contributed by atoms with van der Waals surface area (Å²) in [5.74, 6) is 1.84. The fourth-order valence-electron chi connectivity index (χ4n) is 5.01. The van der Waals surface area contributed by atoms with Gasteiger partial charge >= 0.3 is 0 Å². The number of fused-ring (bicyclic) bond motifs is 1. The van der Waals surface area contributed by atoms with Gasteiger partial charge in [-0.05, 0) is 99.0 Å². The molecule has 0 amide bonds. The molecular weight excluding hydrogens is 468 g/mol. The van der Waals surface area contributed by atoms with Gasteiger partial charge in [0.05, 0.1) is 13.2 Å². The van der Waals surface area contributed by atoms with E-state index < -0.39 is 0 Å². The van der Waals surface area contributed by atoms with E-state index >= 15 is 0 Å². The maximum atomic E-state index is 5.98. The van der Waals surface area contributed by atoms with Crippen molar-refractivity contribution in [2.24, 2.45) is 0 Å². The Labute approximate surface area is 229 Å². The zero-order valence-electron chi connectivity index (χ0n) is 23.7. The molecule has 202 valence electrons. The highest BCUT2D eigenvalue weighted by Gasteiger charge is 2.20. The summed E-state index contributed by atoms with van der Waals surface area (Å²) in [6.45, 7) is 11.4. The third-order valence-corrected chi connectivity index (χ3v) is 7.19. The van der Waals surface area contributed by atoms with E-state index in [2.05, 4.69) is 116 Å². The van der Waals surface area contributed by atoms with Crippen LogP contribution < -0.4 is 19.3 Å². The summed E-state index contributed by atoms with van der Waals surface area (Å²) in [6, 6.07) is 24.1. The molecule has 1 unspecified atom stereocenters. The Morgan fingerprint density at radius 1 is 0.684 bits per heavy atom. The second kappa shape index (κ2) is 13.9. The molecule has 0 spiro atoms. The van der Waals surface area contributed by atoms with Gasteiger partial charge in [0.15, 0.2) is 0 Å². The standard InChI is InChI=1S/C34H44N2O2/c1-5-8-10-24-37-32-19-14-29(15-20-32)36(30-16-21-33(22-17-30)38-25-11-9-6-2)31-18-23-34-28(26-31)13-12-27(4)35(34)7-3/h12-23,26-27H,5-11,24-25H2,1-4H3. The third-order valence-electron chi connectivity index (χ3n) is 7.19. The van der Waals surface area contributed by atoms with Gasteiger partial charge in [-0.3, -0.25) is 0 Å². The molecule has 4 heteroatoms. The maximum Gasteiger partial charge on any atom is 0.119 e. The second-order valence-corrected chi connectivity index (χ2v) is 10.1. The van der Waals surface area contributed by atoms with Crippen LogP contribution in [-0.4, -0.2) is 25.8 Å². The number of hydrogen-bond acceptors (Lipinski definition) is 4. The average Bonchev–Trinajstić information content (AvgIpc) is 2.95. The van der Waals surface area contributed by atoms with Crippen molar-refractivity contribution < 1.29 is 9.47 Å². The number of anilines is 4. The first-order chi connectivity index (χ1) is 18.6. The van der Waals surface area contributed by atoms with Crippen LogP contribution in [0.25, 0.3) is 6.08 Å². The lowest BCUT2D eigenvalue weighted by atomic mass is 10.0. The van der Waals surface area contributed by atoms with Crippen LogP contribution >= 0.6 is 0 Å². The molecule has 3 aromatic carbocycles. The van der Waals surface area contributed by atoms with Crippen molar-refractivity contribution in [1.29, 1.82) is 0 Å². The van der Waals surface area contributed by atoms with Gasteiger partial charge in [0.2, 0.25) is 0 Å². The minimum atomic E-state index is 0.407. The highest BCUT2D eigenvalue weighted by Crippen LogP contribution is 2.39. The summed E-state index contributed by atoms with van der Waals surface area (Å²) in [4.78, 5) is 4.75. The summed E-state index contributed by atoms with van der Waals surface area (Å²) >= 11 is 0. The summed E-state index contributed by atoms with van der Waals surface area (Å²) in [7, 11) is 0. The van der Waals surface area contributed by atoms with E-state index in [0.29, 0.717) is 6.04 Å². The van der Waals surface area contributed by atoms with Gasteiger partial charge in [-0.2, -0.15) is 0 Å². The minimum absolute atomic E-state index is 0.407. The molecule has 1 aliphatic heterocycles. The van der Waals surface area contributed by atoms with Crippen LogP contribution in [0.1, 0.15) is 71.8 Å². The number of ether oxygens (including phenoxy) is 2. The molecule has 0 saturated heterocycles. The Morgan fingerprint density at radius 3 is 1.71 bits per heavy atom. The molecule has 1 atom stereocenters. The Hall–Kier alpha value is -3.40. The topological polar surface area (TPSA) is 24.9 Å². The van der Waals surface area contributed by atoms with Gasteiger partial charge in [0, 0.05) is 35.3 Å². The number of hydrogen-bond donors (Lipinski definition) is 0. The monoisotopic (exact) mass is 512 g/mol. The molecule has 4 nitrogen and oxygen atoms in total. The summed E-state index contributed by atoms with van der Waals surface area (Å²) in [5, 5.41) is 0. The normalized spacial score (nSPS) is 14.3. The molecule has 0 bridgehead atoms. The third kappa shape index (κ3) is 6.92. The Bertz CT molecular complexity index is 1100. The first kappa shape index (κ1) is 27.6. The van der Waals surface area contributed by atoms with Gasteiger partial charge in [0.25, 0.3) is 0 Å². The first-order valence-corrected chi connectivity index (χ1v) is 14.5. The van der Waals surface area contributed by atoms with Crippen molar-refractivity contribution in [3.8, 4) is 11.5 Å². The number of likely N-dealkylation sites (N-methyl/N-ethyl adjacent to an activating group) is 1. The smallest absolute Gasteiger partial charge is 0.119 e. The first-order valence-electron chi connectivity index (χ1n) is 14.5. The van der Waals surface area contributed by atoms with Crippen LogP contribution in [0.4, 0.5) is 22.7 Å². The van der Waals surface area contributed by atoms with Crippen molar-refractivity contribution in [2.45, 2.75) is 72.3 Å². The molecule has 0 radical (unpaired) electrons. The van der Waals surface area contributed by atoms with E-state index in [0.717, 1.165) is 61.2 Å². The van der Waals surface area contributed by atoms with Crippen LogP contribution in [0.3, 0.4) is 0 Å². The highest BCUT2D eigenvalue weighted by atomic mass is 16.5. The van der Waals surface area contributed by atoms with Crippen LogP contribution in [0, 0.1) is 0 Å². The van der Waals surface area contributed by atoms with E-state index in [9.17, 15) is 0 Å². The lowest BCUT2D eigenvalue weighted by Gasteiger charge is -2.34. The van der Waals surface area contributed by atoms with E-state index in [1.165, 1.54) is 36.9 Å². The molecule has 0 aromatic heterocycles. The molecular formula is C34H44N2O2.